The van der Waals surface area contributed by atoms with Crippen LogP contribution in [0, 0.1) is 22.0 Å². The molecule has 0 aliphatic rings. The Bertz CT molecular complexity index is 918. The number of nitrogens with zero attached hydrogens (tertiary/aromatic N) is 3. The molecule has 0 spiro atoms. The maximum Gasteiger partial charge on any atom is 0.271 e. The third-order valence-corrected chi connectivity index (χ3v) is 4.68. The molecule has 7 nitrogen and oxygen atoms in total. The minimum atomic E-state index is -0.434. The van der Waals surface area contributed by atoms with Crippen molar-refractivity contribution in [3.63, 3.8) is 0 Å². The van der Waals surface area contributed by atoms with Gasteiger partial charge in [0.25, 0.3) is 11.6 Å². The van der Waals surface area contributed by atoms with Gasteiger partial charge in [-0.05, 0) is 36.1 Å². The van der Waals surface area contributed by atoms with E-state index in [0.717, 1.165) is 23.2 Å². The fourth-order valence-electron chi connectivity index (χ4n) is 3.05. The van der Waals surface area contributed by atoms with Gasteiger partial charge in [-0.1, -0.05) is 49.7 Å². The lowest BCUT2D eigenvalue weighted by atomic mass is 10.1. The second-order valence-electron chi connectivity index (χ2n) is 7.90. The number of halogens is 1. The Hall–Kier alpha value is -2.74. The first-order chi connectivity index (χ1) is 14.2. The zero-order valence-electron chi connectivity index (χ0n) is 17.6. The van der Waals surface area contributed by atoms with E-state index >= 15 is 0 Å². The standard InChI is InChI=1S/C22H27BrN4O3/c1-15(2)13-26(14-16(3)4)21-9-8-20(27(29)30)11-18(21)12-24-25-22(28)17-6-5-7-19(23)10-17/h5-12,15-16H,13-14H2,1-4H3,(H,25,28)/b24-12+. The number of nitro groups is 1. The van der Waals surface area contributed by atoms with Gasteiger partial charge in [-0.3, -0.25) is 14.9 Å². The van der Waals surface area contributed by atoms with E-state index in [9.17, 15) is 14.9 Å². The second-order valence-corrected chi connectivity index (χ2v) is 8.82. The third kappa shape index (κ3) is 6.95. The molecule has 2 aromatic carbocycles. The molecule has 0 aliphatic carbocycles. The monoisotopic (exact) mass is 474 g/mol. The van der Waals surface area contributed by atoms with Crippen molar-refractivity contribution in [1.82, 2.24) is 5.43 Å². The number of hydrogen-bond acceptors (Lipinski definition) is 5. The Morgan fingerprint density at radius 1 is 1.17 bits per heavy atom. The van der Waals surface area contributed by atoms with Crippen LogP contribution in [0.15, 0.2) is 52.0 Å². The van der Waals surface area contributed by atoms with Crippen molar-refractivity contribution in [2.75, 3.05) is 18.0 Å². The first-order valence-corrected chi connectivity index (χ1v) is 10.6. The molecule has 160 valence electrons. The van der Waals surface area contributed by atoms with E-state index in [2.05, 4.69) is 59.1 Å². The van der Waals surface area contributed by atoms with E-state index in [1.54, 1.807) is 24.3 Å². The summed E-state index contributed by atoms with van der Waals surface area (Å²) < 4.78 is 0.790. The van der Waals surface area contributed by atoms with Crippen LogP contribution in [0.4, 0.5) is 11.4 Å². The summed E-state index contributed by atoms with van der Waals surface area (Å²) in [5, 5.41) is 15.3. The van der Waals surface area contributed by atoms with Gasteiger partial charge in [0.1, 0.15) is 0 Å². The molecule has 0 aromatic heterocycles. The van der Waals surface area contributed by atoms with Crippen molar-refractivity contribution < 1.29 is 9.72 Å². The fraction of sp³-hybridized carbons (Fsp3) is 0.364. The van der Waals surface area contributed by atoms with Gasteiger partial charge >= 0.3 is 0 Å². The number of amides is 1. The van der Waals surface area contributed by atoms with Crippen LogP contribution < -0.4 is 10.3 Å². The van der Waals surface area contributed by atoms with Crippen LogP contribution in [0.25, 0.3) is 0 Å². The third-order valence-electron chi connectivity index (χ3n) is 4.19. The highest BCUT2D eigenvalue weighted by atomic mass is 79.9. The zero-order valence-corrected chi connectivity index (χ0v) is 19.2. The molecular formula is C22H27BrN4O3. The smallest absolute Gasteiger partial charge is 0.271 e. The number of nitrogens with one attached hydrogen (secondary N) is 1. The van der Waals surface area contributed by atoms with Crippen LogP contribution >= 0.6 is 15.9 Å². The highest BCUT2D eigenvalue weighted by Gasteiger charge is 2.17. The molecule has 0 saturated carbocycles. The molecule has 0 unspecified atom stereocenters. The highest BCUT2D eigenvalue weighted by Crippen LogP contribution is 2.26. The van der Waals surface area contributed by atoms with E-state index < -0.39 is 4.92 Å². The van der Waals surface area contributed by atoms with E-state index in [1.807, 2.05) is 6.07 Å². The largest absolute Gasteiger partial charge is 0.370 e. The molecule has 0 radical (unpaired) electrons. The molecule has 8 heteroatoms. The number of carbonyl (C=O) groups excluding carboxylic acids is 1. The second kappa shape index (κ2) is 10.9. The number of nitro benzene ring substituents is 1. The Morgan fingerprint density at radius 2 is 1.83 bits per heavy atom. The summed E-state index contributed by atoms with van der Waals surface area (Å²) in [4.78, 5) is 25.3. The molecule has 2 rings (SSSR count). The highest BCUT2D eigenvalue weighted by molar-refractivity contribution is 9.10. The van der Waals surface area contributed by atoms with Crippen molar-refractivity contribution >= 4 is 39.4 Å². The van der Waals surface area contributed by atoms with Gasteiger partial charge in [-0.25, -0.2) is 5.43 Å². The van der Waals surface area contributed by atoms with Crippen LogP contribution in [-0.2, 0) is 0 Å². The summed E-state index contributed by atoms with van der Waals surface area (Å²) in [5.74, 6) is 0.473. The SMILES string of the molecule is CC(C)CN(CC(C)C)c1ccc([N+](=O)[O-])cc1/C=N/NC(=O)c1cccc(Br)c1. The van der Waals surface area contributed by atoms with Crippen LogP contribution in [0.3, 0.4) is 0 Å². The number of non-ortho nitro benzene ring substituents is 1. The summed E-state index contributed by atoms with van der Waals surface area (Å²) in [6.45, 7) is 10.1. The molecule has 0 aliphatic heterocycles. The molecule has 30 heavy (non-hydrogen) atoms. The van der Waals surface area contributed by atoms with Crippen molar-refractivity contribution in [2.45, 2.75) is 27.7 Å². The van der Waals surface area contributed by atoms with E-state index in [1.165, 1.54) is 18.3 Å². The molecule has 0 heterocycles. The number of benzene rings is 2. The molecule has 0 fully saturated rings. The van der Waals surface area contributed by atoms with Crippen LogP contribution in [0.1, 0.15) is 43.6 Å². The fourth-order valence-corrected chi connectivity index (χ4v) is 3.45. The molecular weight excluding hydrogens is 448 g/mol. The maximum atomic E-state index is 12.3. The Morgan fingerprint density at radius 3 is 2.40 bits per heavy atom. The average molecular weight is 475 g/mol. The molecule has 0 bridgehead atoms. The van der Waals surface area contributed by atoms with Gasteiger partial charge in [-0.2, -0.15) is 5.10 Å². The Balaban J connectivity index is 2.32. The van der Waals surface area contributed by atoms with E-state index in [-0.39, 0.29) is 11.6 Å². The van der Waals surface area contributed by atoms with E-state index in [0.29, 0.717) is 23.0 Å². The summed E-state index contributed by atoms with van der Waals surface area (Å²) >= 11 is 3.33. The minimum absolute atomic E-state index is 0.0208. The first-order valence-electron chi connectivity index (χ1n) is 9.79. The maximum absolute atomic E-state index is 12.3. The summed E-state index contributed by atoms with van der Waals surface area (Å²) in [5.41, 5.74) is 4.37. The van der Waals surface area contributed by atoms with Gasteiger partial charge in [0, 0.05) is 46.5 Å². The minimum Gasteiger partial charge on any atom is -0.370 e. The Kier molecular flexibility index (Phi) is 8.53. The van der Waals surface area contributed by atoms with Gasteiger partial charge in [0.05, 0.1) is 11.1 Å². The van der Waals surface area contributed by atoms with E-state index in [4.69, 9.17) is 0 Å². The van der Waals surface area contributed by atoms with Crippen molar-refractivity contribution in [3.8, 4) is 0 Å². The molecule has 0 atom stereocenters. The van der Waals surface area contributed by atoms with Gasteiger partial charge in [0.2, 0.25) is 0 Å². The summed E-state index contributed by atoms with van der Waals surface area (Å²) in [6, 6.07) is 11.7. The predicted octanol–water partition coefficient (Wildman–Crippen LogP) is 5.24. The van der Waals surface area contributed by atoms with Gasteiger partial charge in [0.15, 0.2) is 0 Å². The average Bonchev–Trinajstić information content (AvgIpc) is 2.66. The number of carbonyl (C=O) groups is 1. The summed E-state index contributed by atoms with van der Waals surface area (Å²) in [6.07, 6.45) is 1.46. The lowest BCUT2D eigenvalue weighted by Gasteiger charge is -2.29. The van der Waals surface area contributed by atoms with Crippen molar-refractivity contribution in [1.29, 1.82) is 0 Å². The van der Waals surface area contributed by atoms with Gasteiger partial charge < -0.3 is 4.90 Å². The molecule has 0 saturated heterocycles. The van der Waals surface area contributed by atoms with Gasteiger partial charge in [-0.15, -0.1) is 0 Å². The molecule has 2 aromatic rings. The Labute approximate surface area is 185 Å². The van der Waals surface area contributed by atoms with Crippen LogP contribution in [-0.4, -0.2) is 30.1 Å². The van der Waals surface area contributed by atoms with Crippen LogP contribution in [0.2, 0.25) is 0 Å². The lowest BCUT2D eigenvalue weighted by molar-refractivity contribution is -0.384. The first kappa shape index (κ1) is 23.5. The quantitative estimate of drug-likeness (QED) is 0.305. The topological polar surface area (TPSA) is 87.8 Å². The van der Waals surface area contributed by atoms with Crippen molar-refractivity contribution in [2.24, 2.45) is 16.9 Å². The number of hydrogen-bond donors (Lipinski definition) is 1. The summed E-state index contributed by atoms with van der Waals surface area (Å²) in [7, 11) is 0. The normalized spacial score (nSPS) is 11.3. The number of anilines is 1. The molecule has 1 amide bonds. The zero-order chi connectivity index (χ0) is 22.3. The van der Waals surface area contributed by atoms with Crippen molar-refractivity contribution in [3.05, 3.63) is 68.2 Å². The number of rotatable bonds is 9. The number of hydrazone groups is 1. The predicted molar refractivity (Wildman–Crippen MR) is 124 cm³/mol. The molecule has 1 N–H and O–H groups in total. The lowest BCUT2D eigenvalue weighted by Crippen LogP contribution is -2.32. The van der Waals surface area contributed by atoms with Crippen LogP contribution in [0.5, 0.6) is 0 Å².